The number of nitrogen functional groups attached to an aromatic ring is 1. The number of carbonyl (C=O) groups excluding carboxylic acids is 1. The zero-order valence-corrected chi connectivity index (χ0v) is 43.8. The maximum atomic E-state index is 13.7. The van der Waals surface area contributed by atoms with Crippen LogP contribution in [0.15, 0.2) is 177 Å². The van der Waals surface area contributed by atoms with Crippen molar-refractivity contribution in [3.8, 4) is 51.5 Å². The Morgan fingerprint density at radius 3 is 1.51 bits per heavy atom. The molecule has 0 aliphatic carbocycles. The van der Waals surface area contributed by atoms with E-state index < -0.39 is 48.4 Å². The van der Waals surface area contributed by atoms with E-state index >= 15 is 0 Å². The fourth-order valence-corrected chi connectivity index (χ4v) is 7.34. The van der Waals surface area contributed by atoms with E-state index in [1.54, 1.807) is 97.2 Å². The molecule has 0 fully saturated rings. The van der Waals surface area contributed by atoms with Gasteiger partial charge in [0.05, 0.1) is 36.4 Å². The molecule has 10 aromatic rings. The van der Waals surface area contributed by atoms with Crippen LogP contribution in [0.4, 0.5) is 45.2 Å². The minimum atomic E-state index is -4.93. The van der Waals surface area contributed by atoms with Crippen LogP contribution in [0.3, 0.4) is 0 Å². The average Bonchev–Trinajstić information content (AvgIpc) is 3.65. The average molecular weight is 1170 g/mol. The van der Waals surface area contributed by atoms with Gasteiger partial charge in [0.25, 0.3) is 5.78 Å². The van der Waals surface area contributed by atoms with Crippen LogP contribution in [-0.2, 0) is 12.4 Å². The zero-order chi connectivity index (χ0) is 59.8. The number of ketones is 1. The third-order valence-corrected chi connectivity index (χ3v) is 11.3. The van der Waals surface area contributed by atoms with Gasteiger partial charge in [-0.1, -0.05) is 53.5 Å². The quantitative estimate of drug-likeness (QED) is 0.0586. The van der Waals surface area contributed by atoms with E-state index in [0.717, 1.165) is 17.7 Å². The number of hydrogen-bond donors (Lipinski definition) is 3. The molecule has 4 N–H and O–H groups in total. The van der Waals surface area contributed by atoms with Gasteiger partial charge in [-0.05, 0) is 126 Å². The second-order valence-corrected chi connectivity index (χ2v) is 17.3. The standard InChI is InChI=1S/C21H14F3N3O.C14H7ClF3N3.C8H5ClF3NO.C7H9BO3.C6H4N2/c1-28-16-6-2-4-13(10-16)14-7-8-18-17(11-14)19(21(22,23)24)27-20(26-18)15-5-3-9-25-12-15;15-9-3-4-11-10(6-9)12(14(16,17)18)21-13(20-11)8-2-1-5-19-7-8;9-4-1-2-6(13)5(3-4)7(14)8(10,11)12;1-11-7-4-2-3-6(5-7)8(9)10;7-4-6-2-1-3-8-5-6/h2-12H,1H3;1-7H;1-3H,13H2;2-5,9-10H,1H3;1-3,5H. The number of Topliss-reactive ketones (excluding diaryl/α,β-unsaturated/α-hetero) is 1. The first-order valence-electron chi connectivity index (χ1n) is 23.3. The maximum absolute atomic E-state index is 13.7. The van der Waals surface area contributed by atoms with Gasteiger partial charge < -0.3 is 25.3 Å². The highest BCUT2D eigenvalue weighted by atomic mass is 35.5. The smallest absolute Gasteiger partial charge is 0.488 e. The Kier molecular flexibility index (Phi) is 21.0. The molecule has 0 saturated heterocycles. The summed E-state index contributed by atoms with van der Waals surface area (Å²) in [7, 11) is 1.64. The molecular weight excluding hydrogens is 1130 g/mol. The Bertz CT molecular complexity index is 3830. The van der Waals surface area contributed by atoms with Crippen molar-refractivity contribution in [2.45, 2.75) is 18.5 Å². The van der Waals surface area contributed by atoms with Crippen LogP contribution >= 0.6 is 23.2 Å². The van der Waals surface area contributed by atoms with Crippen LogP contribution < -0.4 is 20.7 Å². The van der Waals surface area contributed by atoms with Gasteiger partial charge in [-0.15, -0.1) is 0 Å². The predicted molar refractivity (Wildman–Crippen MR) is 291 cm³/mol. The van der Waals surface area contributed by atoms with Crippen molar-refractivity contribution >= 4 is 69.1 Å². The number of carbonyl (C=O) groups is 1. The van der Waals surface area contributed by atoms with Crippen LogP contribution in [0.2, 0.25) is 10.0 Å². The number of methoxy groups -OCH3 is 2. The number of halogens is 11. The number of ether oxygens (including phenoxy) is 2. The number of rotatable bonds is 7. The topological polar surface area (TPSA) is 216 Å². The molecule has 0 aliphatic rings. The van der Waals surface area contributed by atoms with E-state index in [-0.39, 0.29) is 49.2 Å². The number of alkyl halides is 9. The predicted octanol–water partition coefficient (Wildman–Crippen LogP) is 12.7. The molecule has 0 bridgehead atoms. The Morgan fingerprint density at radius 1 is 0.561 bits per heavy atom. The van der Waals surface area contributed by atoms with Crippen molar-refractivity contribution in [1.82, 2.24) is 34.9 Å². The van der Waals surface area contributed by atoms with E-state index in [9.17, 15) is 44.3 Å². The molecule has 82 heavy (non-hydrogen) atoms. The molecule has 5 aromatic carbocycles. The van der Waals surface area contributed by atoms with Gasteiger partial charge in [0.15, 0.2) is 23.0 Å². The normalized spacial score (nSPS) is 11.0. The Labute approximate surface area is 470 Å². The van der Waals surface area contributed by atoms with E-state index in [1.165, 1.54) is 75.5 Å². The molecule has 418 valence electrons. The molecule has 14 nitrogen and oxygen atoms in total. The summed E-state index contributed by atoms with van der Waals surface area (Å²) in [5.74, 6) is -0.780. The molecule has 0 aliphatic heterocycles. The summed E-state index contributed by atoms with van der Waals surface area (Å²) in [5, 5.41) is 25.8. The SMILES string of the molecule is COc1cccc(-c2ccc3nc(-c4cccnc4)nc(C(F)(F)F)c3c2)c1.COc1cccc(B(O)O)c1.FC(F)(F)c1nc(-c2cccnc2)nc2ccc(Cl)cc12.N#Cc1cccnc1.Nc1ccc(Cl)cc1C(=O)C(F)(F)F. The van der Waals surface area contributed by atoms with Crippen molar-refractivity contribution in [3.05, 3.63) is 209 Å². The molecule has 0 amide bonds. The molecule has 5 heterocycles. The Morgan fingerprint density at radius 2 is 1.04 bits per heavy atom. The molecule has 26 heteroatoms. The van der Waals surface area contributed by atoms with Gasteiger partial charge in [-0.25, -0.2) is 19.9 Å². The second-order valence-electron chi connectivity index (χ2n) is 16.5. The molecular formula is C56H39BCl2F9N9O5. The van der Waals surface area contributed by atoms with Crippen LogP contribution in [0.25, 0.3) is 55.7 Å². The summed E-state index contributed by atoms with van der Waals surface area (Å²) in [6, 6.07) is 37.9. The first kappa shape index (κ1) is 61.9. The van der Waals surface area contributed by atoms with E-state index in [1.807, 2.05) is 12.1 Å². The lowest BCUT2D eigenvalue weighted by Crippen LogP contribution is -2.29. The highest BCUT2D eigenvalue weighted by Gasteiger charge is 2.40. The van der Waals surface area contributed by atoms with E-state index in [2.05, 4.69) is 34.9 Å². The summed E-state index contributed by atoms with van der Waals surface area (Å²) in [6.07, 6.45) is -5.07. The lowest BCUT2D eigenvalue weighted by molar-refractivity contribution is -0.140. The number of anilines is 1. The number of nitriles is 1. The van der Waals surface area contributed by atoms with Crippen molar-refractivity contribution in [3.63, 3.8) is 0 Å². The fraction of sp³-hybridized carbons (Fsp3) is 0.0893. The second kappa shape index (κ2) is 27.7. The monoisotopic (exact) mass is 1170 g/mol. The van der Waals surface area contributed by atoms with E-state index in [4.69, 9.17) is 53.7 Å². The Hall–Kier alpha value is -9.28. The number of aromatic nitrogens is 7. The molecule has 0 atom stereocenters. The van der Waals surface area contributed by atoms with Crippen molar-refractivity contribution in [2.24, 2.45) is 0 Å². The minimum Gasteiger partial charge on any atom is -0.497 e. The van der Waals surface area contributed by atoms with Crippen LogP contribution in [0.5, 0.6) is 11.5 Å². The van der Waals surface area contributed by atoms with Crippen molar-refractivity contribution in [2.75, 3.05) is 20.0 Å². The van der Waals surface area contributed by atoms with Crippen LogP contribution in [-0.4, -0.2) is 78.2 Å². The molecule has 0 spiro atoms. The van der Waals surface area contributed by atoms with E-state index in [0.29, 0.717) is 39.2 Å². The number of nitrogens with two attached hydrogens (primary N) is 1. The van der Waals surface area contributed by atoms with Gasteiger partial charge in [-0.2, -0.15) is 44.8 Å². The summed E-state index contributed by atoms with van der Waals surface area (Å²) in [6.45, 7) is 0. The minimum absolute atomic E-state index is 0.0120. The van der Waals surface area contributed by atoms with Gasteiger partial charge in [0, 0.05) is 74.8 Å². The summed E-state index contributed by atoms with van der Waals surface area (Å²) in [4.78, 5) is 38.2. The number of hydrogen-bond acceptors (Lipinski definition) is 14. The molecule has 0 radical (unpaired) electrons. The number of pyridine rings is 3. The highest BCUT2D eigenvalue weighted by Crippen LogP contribution is 2.38. The van der Waals surface area contributed by atoms with Crippen molar-refractivity contribution < 1.29 is 63.8 Å². The van der Waals surface area contributed by atoms with Gasteiger partial charge in [-0.3, -0.25) is 19.7 Å². The Balaban J connectivity index is 0.000000176. The maximum Gasteiger partial charge on any atom is 0.488 e. The zero-order valence-electron chi connectivity index (χ0n) is 42.3. The van der Waals surface area contributed by atoms with Crippen molar-refractivity contribution in [1.29, 1.82) is 5.26 Å². The molecule has 0 unspecified atom stereocenters. The number of fused-ring (bicyclic) bond motifs is 2. The first-order valence-corrected chi connectivity index (χ1v) is 24.0. The summed E-state index contributed by atoms with van der Waals surface area (Å²) < 4.78 is 127. The third kappa shape index (κ3) is 17.1. The van der Waals surface area contributed by atoms with Crippen LogP contribution in [0, 0.1) is 11.3 Å². The van der Waals surface area contributed by atoms with Gasteiger partial charge in [0.2, 0.25) is 0 Å². The lowest BCUT2D eigenvalue weighted by atomic mass is 9.80. The lowest BCUT2D eigenvalue weighted by Gasteiger charge is -2.13. The van der Waals surface area contributed by atoms with Crippen LogP contribution in [0.1, 0.15) is 27.3 Å². The number of nitrogens with zero attached hydrogens (tertiary/aromatic N) is 8. The molecule has 5 aromatic heterocycles. The van der Waals surface area contributed by atoms with Gasteiger partial charge >= 0.3 is 25.6 Å². The largest absolute Gasteiger partial charge is 0.497 e. The summed E-state index contributed by atoms with van der Waals surface area (Å²) in [5.41, 5.74) is 6.01. The third-order valence-electron chi connectivity index (χ3n) is 10.8. The number of benzene rings is 5. The molecule has 0 saturated carbocycles. The molecule has 10 rings (SSSR count). The highest BCUT2D eigenvalue weighted by molar-refractivity contribution is 6.58. The fourth-order valence-electron chi connectivity index (χ4n) is 7.00. The summed E-state index contributed by atoms with van der Waals surface area (Å²) >= 11 is 11.2. The van der Waals surface area contributed by atoms with Gasteiger partial charge in [0.1, 0.15) is 17.6 Å². The first-order chi connectivity index (χ1) is 38.9.